The number of carboxylic acid groups (broad SMARTS) is 1. The number of piperidine rings is 1. The van der Waals surface area contributed by atoms with E-state index in [-0.39, 0.29) is 47.3 Å². The van der Waals surface area contributed by atoms with Gasteiger partial charge in [-0.3, -0.25) is 4.79 Å². The van der Waals surface area contributed by atoms with E-state index in [4.69, 9.17) is 15.2 Å². The summed E-state index contributed by atoms with van der Waals surface area (Å²) in [6, 6.07) is 8.09. The summed E-state index contributed by atoms with van der Waals surface area (Å²) >= 11 is 0. The van der Waals surface area contributed by atoms with Gasteiger partial charge in [-0.15, -0.1) is 0 Å². The molecule has 3 atom stereocenters. The number of anilines is 2. The van der Waals surface area contributed by atoms with Crippen molar-refractivity contribution in [1.29, 1.82) is 0 Å². The largest absolute Gasteiger partial charge is 0.481 e. The summed E-state index contributed by atoms with van der Waals surface area (Å²) in [5.74, 6) is -2.24. The van der Waals surface area contributed by atoms with Crippen LogP contribution in [0.5, 0.6) is 11.8 Å². The Balaban J connectivity index is 1.43. The number of rotatable bonds is 7. The molecule has 1 aromatic carbocycles. The fourth-order valence-electron chi connectivity index (χ4n) is 5.36. The summed E-state index contributed by atoms with van der Waals surface area (Å²) in [4.78, 5) is 34.7. The third kappa shape index (κ3) is 4.27. The van der Waals surface area contributed by atoms with Crippen LogP contribution in [0.25, 0.3) is 16.6 Å². The van der Waals surface area contributed by atoms with E-state index >= 15 is 4.39 Å². The Kier molecular flexibility index (Phi) is 5.82. The minimum absolute atomic E-state index is 0.0488. The number of aromatic carboxylic acids is 1. The van der Waals surface area contributed by atoms with Gasteiger partial charge in [0, 0.05) is 36.0 Å². The molecule has 2 aliphatic rings. The quantitative estimate of drug-likeness (QED) is 0.365. The number of ether oxygens (including phenoxy) is 2. The first kappa shape index (κ1) is 24.6. The Morgan fingerprint density at radius 2 is 2.00 bits per heavy atom. The molecule has 2 fully saturated rings. The summed E-state index contributed by atoms with van der Waals surface area (Å²) < 4.78 is 42.2. The van der Waals surface area contributed by atoms with Crippen molar-refractivity contribution in [1.82, 2.24) is 14.5 Å². The van der Waals surface area contributed by atoms with Gasteiger partial charge < -0.3 is 29.8 Å². The van der Waals surface area contributed by atoms with Crippen LogP contribution in [0.1, 0.15) is 23.2 Å². The average molecular weight is 536 g/mol. The Labute approximate surface area is 220 Å². The van der Waals surface area contributed by atoms with Crippen molar-refractivity contribution in [2.24, 2.45) is 5.92 Å². The van der Waals surface area contributed by atoms with Crippen molar-refractivity contribution < 1.29 is 28.2 Å². The molecular weight excluding hydrogens is 512 g/mol. The number of hydrogen-bond donors (Lipinski definition) is 2. The zero-order valence-electron chi connectivity index (χ0n) is 20.7. The predicted octanol–water partition coefficient (Wildman–Crippen LogP) is 3.39. The highest BCUT2D eigenvalue weighted by Gasteiger charge is 2.53. The fourth-order valence-corrected chi connectivity index (χ4v) is 5.36. The SMILES string of the molecule is COc1ccc(F)c(OC[C@H]2C[C@H]3C[C@H]3N2c2cc3c(cc2F)c(=O)c(C(=O)O)cn3-c2ccnc(N)c2)n1. The number of nitrogens with two attached hydrogens (primary N) is 1. The molecule has 0 radical (unpaired) electrons. The molecule has 4 aromatic rings. The molecule has 3 aromatic heterocycles. The second-order valence-corrected chi connectivity index (χ2v) is 9.62. The van der Waals surface area contributed by atoms with Gasteiger partial charge in [0.25, 0.3) is 5.88 Å². The van der Waals surface area contributed by atoms with Gasteiger partial charge in [0.2, 0.25) is 11.3 Å². The maximum atomic E-state index is 15.7. The number of pyridine rings is 3. The van der Waals surface area contributed by atoms with E-state index in [0.717, 1.165) is 12.5 Å². The van der Waals surface area contributed by atoms with Gasteiger partial charge in [0.1, 0.15) is 23.8 Å². The van der Waals surface area contributed by atoms with Crippen LogP contribution in [0, 0.1) is 17.6 Å². The number of aromatic nitrogens is 3. The number of carbonyl (C=O) groups is 1. The lowest BCUT2D eigenvalue weighted by atomic mass is 10.1. The lowest BCUT2D eigenvalue weighted by molar-refractivity contribution is 0.0695. The highest BCUT2D eigenvalue weighted by molar-refractivity contribution is 5.94. The van der Waals surface area contributed by atoms with Gasteiger partial charge in [0.05, 0.1) is 30.0 Å². The van der Waals surface area contributed by atoms with Crippen LogP contribution in [0.4, 0.5) is 20.3 Å². The highest BCUT2D eigenvalue weighted by Crippen LogP contribution is 2.50. The Hall–Kier alpha value is -4.74. The Morgan fingerprint density at radius 3 is 2.74 bits per heavy atom. The molecule has 10 nitrogen and oxygen atoms in total. The fraction of sp³-hybridized carbons (Fsp3) is 0.259. The zero-order chi connectivity index (χ0) is 27.4. The van der Waals surface area contributed by atoms with Gasteiger partial charge in [-0.25, -0.2) is 18.6 Å². The van der Waals surface area contributed by atoms with Gasteiger partial charge in [0.15, 0.2) is 5.82 Å². The van der Waals surface area contributed by atoms with Crippen molar-refractivity contribution >= 4 is 28.4 Å². The minimum Gasteiger partial charge on any atom is -0.481 e. The number of carboxylic acids is 1. The standard InChI is InChI=1S/C27H23F2N5O5/c1-38-24-3-2-18(28)26(32-24)39-12-15-6-13-7-20(13)34(15)22-10-21-16(9-19(22)29)25(35)17(27(36)37)11-33(21)14-4-5-31-23(30)8-14/h2-5,8-11,13,15,20H,6-7,12H2,1H3,(H2,30,31)(H,36,37)/t13-,15+,20+/m0/s1. The molecule has 1 saturated heterocycles. The number of halogens is 2. The summed E-state index contributed by atoms with van der Waals surface area (Å²) in [6.07, 6.45) is 4.23. The van der Waals surface area contributed by atoms with Crippen LogP contribution >= 0.6 is 0 Å². The van der Waals surface area contributed by atoms with E-state index in [1.54, 1.807) is 6.07 Å². The molecule has 12 heteroatoms. The first-order valence-electron chi connectivity index (χ1n) is 12.2. The molecule has 0 amide bonds. The Morgan fingerprint density at radius 1 is 1.18 bits per heavy atom. The van der Waals surface area contributed by atoms with E-state index < -0.39 is 28.6 Å². The summed E-state index contributed by atoms with van der Waals surface area (Å²) in [5, 5.41) is 9.53. The topological polar surface area (TPSA) is 133 Å². The molecule has 200 valence electrons. The van der Waals surface area contributed by atoms with E-state index in [2.05, 4.69) is 9.97 Å². The molecule has 39 heavy (non-hydrogen) atoms. The summed E-state index contributed by atoms with van der Waals surface area (Å²) in [5.41, 5.74) is 5.54. The number of methoxy groups -OCH3 is 1. The van der Waals surface area contributed by atoms with Crippen LogP contribution in [0.3, 0.4) is 0 Å². The third-order valence-corrected chi connectivity index (χ3v) is 7.24. The highest BCUT2D eigenvalue weighted by atomic mass is 19.1. The maximum Gasteiger partial charge on any atom is 0.341 e. The van der Waals surface area contributed by atoms with Crippen molar-refractivity contribution in [2.75, 3.05) is 24.4 Å². The number of hydrogen-bond acceptors (Lipinski definition) is 8. The lowest BCUT2D eigenvalue weighted by Crippen LogP contribution is -2.38. The van der Waals surface area contributed by atoms with Crippen molar-refractivity contribution in [2.45, 2.75) is 24.9 Å². The van der Waals surface area contributed by atoms with Gasteiger partial charge in [-0.2, -0.15) is 4.98 Å². The van der Waals surface area contributed by atoms with Crippen molar-refractivity contribution in [3.8, 4) is 17.4 Å². The number of nitrogens with zero attached hydrogens (tertiary/aromatic N) is 4. The van der Waals surface area contributed by atoms with Gasteiger partial charge in [-0.05, 0) is 43.0 Å². The molecule has 0 unspecified atom stereocenters. The van der Waals surface area contributed by atoms with E-state index in [0.29, 0.717) is 23.5 Å². The van der Waals surface area contributed by atoms with Gasteiger partial charge >= 0.3 is 5.97 Å². The smallest absolute Gasteiger partial charge is 0.341 e. The monoisotopic (exact) mass is 535 g/mol. The predicted molar refractivity (Wildman–Crippen MR) is 138 cm³/mol. The molecule has 6 rings (SSSR count). The van der Waals surface area contributed by atoms with Gasteiger partial charge in [-0.1, -0.05) is 0 Å². The van der Waals surface area contributed by atoms with E-state index in [1.807, 2.05) is 4.90 Å². The van der Waals surface area contributed by atoms with Crippen molar-refractivity contribution in [3.63, 3.8) is 0 Å². The summed E-state index contributed by atoms with van der Waals surface area (Å²) in [6.45, 7) is 0.0488. The normalized spacial score (nSPS) is 19.7. The Bertz CT molecular complexity index is 1690. The zero-order valence-corrected chi connectivity index (χ0v) is 20.7. The second kappa shape index (κ2) is 9.22. The minimum atomic E-state index is -1.43. The van der Waals surface area contributed by atoms with Crippen LogP contribution in [0.15, 0.2) is 53.6 Å². The molecule has 0 spiro atoms. The number of fused-ring (bicyclic) bond motifs is 2. The molecule has 1 aliphatic heterocycles. The van der Waals surface area contributed by atoms with Crippen molar-refractivity contribution in [3.05, 3.63) is 76.2 Å². The third-order valence-electron chi connectivity index (χ3n) is 7.24. The van der Waals surface area contributed by atoms with E-state index in [1.165, 1.54) is 48.3 Å². The molecule has 3 N–H and O–H groups in total. The lowest BCUT2D eigenvalue weighted by Gasteiger charge is -2.30. The molecule has 0 bridgehead atoms. The van der Waals surface area contributed by atoms with Crippen LogP contribution in [-0.4, -0.2) is 51.4 Å². The maximum absolute atomic E-state index is 15.7. The first-order valence-corrected chi connectivity index (χ1v) is 12.2. The van der Waals surface area contributed by atoms with Crippen LogP contribution in [-0.2, 0) is 0 Å². The van der Waals surface area contributed by atoms with E-state index in [9.17, 15) is 19.1 Å². The second-order valence-electron chi connectivity index (χ2n) is 9.62. The molecular formula is C27H23F2N5O5. The molecule has 4 heterocycles. The molecule has 1 saturated carbocycles. The number of nitrogen functional groups attached to an aromatic ring is 1. The first-order chi connectivity index (χ1) is 18.7. The number of benzene rings is 1. The average Bonchev–Trinajstić information content (AvgIpc) is 3.58. The summed E-state index contributed by atoms with van der Waals surface area (Å²) in [7, 11) is 1.41. The molecule has 1 aliphatic carbocycles. The van der Waals surface area contributed by atoms with Crippen LogP contribution < -0.4 is 25.5 Å². The van der Waals surface area contributed by atoms with Crippen LogP contribution in [0.2, 0.25) is 0 Å².